The highest BCUT2D eigenvalue weighted by molar-refractivity contribution is 7.99. The Kier molecular flexibility index (Phi) is 8.27. The maximum absolute atomic E-state index is 12.9. The highest BCUT2D eigenvalue weighted by Crippen LogP contribution is 2.34. The molecule has 0 fully saturated rings. The van der Waals surface area contributed by atoms with Crippen LogP contribution in [-0.4, -0.2) is 26.4 Å². The minimum absolute atomic E-state index is 0.00658. The van der Waals surface area contributed by atoms with Gasteiger partial charge < -0.3 is 10.1 Å². The highest BCUT2D eigenvalue weighted by atomic mass is 35.5. The lowest BCUT2D eigenvalue weighted by Crippen LogP contribution is -2.16. The Balaban J connectivity index is 1.67. The topological polar surface area (TPSA) is 69.0 Å². The molecular weight excluding hydrogens is 489 g/mol. The fourth-order valence-corrected chi connectivity index (χ4v) is 4.05. The number of carbonyl (C=O) groups excluding carboxylic acids is 1. The summed E-state index contributed by atoms with van der Waals surface area (Å²) in [6.07, 6.45) is -2.88. The van der Waals surface area contributed by atoms with Crippen LogP contribution in [0.3, 0.4) is 0 Å². The van der Waals surface area contributed by atoms with Crippen molar-refractivity contribution in [1.82, 2.24) is 14.8 Å². The number of nitrogens with one attached hydrogen (secondary N) is 1. The van der Waals surface area contributed by atoms with Crippen molar-refractivity contribution in [2.45, 2.75) is 38.3 Å². The van der Waals surface area contributed by atoms with Crippen molar-refractivity contribution in [1.29, 1.82) is 0 Å². The number of anilines is 1. The number of hydrogen-bond donors (Lipinski definition) is 1. The van der Waals surface area contributed by atoms with Gasteiger partial charge in [0.1, 0.15) is 12.4 Å². The Bertz CT molecular complexity index is 1180. The molecule has 0 atom stereocenters. The predicted molar refractivity (Wildman–Crippen MR) is 126 cm³/mol. The van der Waals surface area contributed by atoms with Crippen molar-refractivity contribution >= 4 is 35.0 Å². The van der Waals surface area contributed by atoms with Crippen molar-refractivity contribution in [3.05, 3.63) is 76.6 Å². The summed E-state index contributed by atoms with van der Waals surface area (Å²) >= 11 is 7.03. The van der Waals surface area contributed by atoms with Crippen LogP contribution in [0.5, 0.6) is 5.75 Å². The third-order valence-corrected chi connectivity index (χ3v) is 6.06. The summed E-state index contributed by atoms with van der Waals surface area (Å²) in [4.78, 5) is 12.4. The Labute approximate surface area is 204 Å². The molecule has 0 aliphatic rings. The third kappa shape index (κ3) is 6.32. The number of carbonyl (C=O) groups is 1. The average Bonchev–Trinajstić information content (AvgIpc) is 3.14. The number of rotatable bonds is 9. The molecule has 0 saturated heterocycles. The third-order valence-electron chi connectivity index (χ3n) is 4.76. The lowest BCUT2D eigenvalue weighted by atomic mass is 10.1. The van der Waals surface area contributed by atoms with E-state index in [-0.39, 0.29) is 23.1 Å². The van der Waals surface area contributed by atoms with Gasteiger partial charge in [0, 0.05) is 6.54 Å². The van der Waals surface area contributed by atoms with Gasteiger partial charge in [0.25, 0.3) is 0 Å². The molecule has 11 heteroatoms. The van der Waals surface area contributed by atoms with E-state index >= 15 is 0 Å². The first kappa shape index (κ1) is 25.6. The van der Waals surface area contributed by atoms with Crippen molar-refractivity contribution in [2.24, 2.45) is 0 Å². The number of thioether (sulfide) groups is 1. The van der Waals surface area contributed by atoms with Crippen LogP contribution in [0.4, 0.5) is 18.9 Å². The summed E-state index contributed by atoms with van der Waals surface area (Å²) in [7, 11) is 0. The number of aromatic nitrogens is 3. The van der Waals surface area contributed by atoms with Crippen molar-refractivity contribution in [3.63, 3.8) is 0 Å². The van der Waals surface area contributed by atoms with E-state index in [4.69, 9.17) is 16.3 Å². The summed E-state index contributed by atoms with van der Waals surface area (Å²) in [5.41, 5.74) is 0.972. The van der Waals surface area contributed by atoms with Crippen LogP contribution in [0.2, 0.25) is 5.02 Å². The molecule has 180 valence electrons. The largest absolute Gasteiger partial charge is 0.485 e. The van der Waals surface area contributed by atoms with Crippen LogP contribution in [0.1, 0.15) is 22.5 Å². The monoisotopic (exact) mass is 510 g/mol. The quantitative estimate of drug-likeness (QED) is 0.280. The Morgan fingerprint density at radius 2 is 1.94 bits per heavy atom. The van der Waals surface area contributed by atoms with Crippen molar-refractivity contribution in [2.75, 3.05) is 11.1 Å². The zero-order valence-electron chi connectivity index (χ0n) is 18.4. The molecule has 0 unspecified atom stereocenters. The van der Waals surface area contributed by atoms with Gasteiger partial charge in [-0.3, -0.25) is 9.36 Å². The van der Waals surface area contributed by atoms with Crippen LogP contribution >= 0.6 is 23.4 Å². The first-order valence-electron chi connectivity index (χ1n) is 10.1. The van der Waals surface area contributed by atoms with E-state index in [2.05, 4.69) is 22.1 Å². The Morgan fingerprint density at radius 3 is 2.59 bits per heavy atom. The molecule has 0 radical (unpaired) electrons. The second-order valence-electron chi connectivity index (χ2n) is 7.34. The lowest BCUT2D eigenvalue weighted by Gasteiger charge is -2.13. The van der Waals surface area contributed by atoms with Crippen LogP contribution in [0, 0.1) is 13.8 Å². The van der Waals surface area contributed by atoms with E-state index in [0.717, 1.165) is 46.8 Å². The molecule has 1 amide bonds. The number of aryl methyl sites for hydroxylation is 2. The van der Waals surface area contributed by atoms with Gasteiger partial charge in [-0.1, -0.05) is 47.6 Å². The van der Waals surface area contributed by atoms with Crippen LogP contribution in [0.25, 0.3) is 0 Å². The number of para-hydroxylation sites is 1. The van der Waals surface area contributed by atoms with E-state index in [0.29, 0.717) is 17.5 Å². The predicted octanol–water partition coefficient (Wildman–Crippen LogP) is 6.06. The van der Waals surface area contributed by atoms with Crippen molar-refractivity contribution < 1.29 is 22.7 Å². The number of nitrogens with zero attached hydrogens (tertiary/aromatic N) is 3. The van der Waals surface area contributed by atoms with Gasteiger partial charge in [-0.05, 0) is 43.2 Å². The second-order valence-corrected chi connectivity index (χ2v) is 8.69. The summed E-state index contributed by atoms with van der Waals surface area (Å²) in [5.74, 6) is 0.667. The van der Waals surface area contributed by atoms with Crippen LogP contribution in [0.15, 0.2) is 54.2 Å². The number of allylic oxidation sites excluding steroid dienone is 1. The van der Waals surface area contributed by atoms with Gasteiger partial charge in [0.2, 0.25) is 5.91 Å². The maximum atomic E-state index is 12.9. The SMILES string of the molecule is C=CCn1c(COc2c(C)cccc2C)nnc1SCC(=O)Nc1cc(C(F)(F)F)ccc1Cl. The van der Waals surface area contributed by atoms with Gasteiger partial charge >= 0.3 is 6.18 Å². The minimum Gasteiger partial charge on any atom is -0.485 e. The molecule has 0 bridgehead atoms. The molecular formula is C23H22ClF3N4O2S. The number of ether oxygens (including phenoxy) is 1. The molecule has 0 spiro atoms. The summed E-state index contributed by atoms with van der Waals surface area (Å²) in [5, 5.41) is 11.2. The maximum Gasteiger partial charge on any atom is 0.416 e. The normalized spacial score (nSPS) is 11.4. The standard InChI is InChI=1S/C23H22ClF3N4O2S/c1-4-10-31-19(12-33-21-14(2)6-5-7-15(21)3)29-30-22(31)34-13-20(32)28-18-11-16(23(25,26)27)8-9-17(18)24/h4-9,11H,1,10,12-13H2,2-3H3,(H,28,32). The molecule has 1 heterocycles. The molecule has 34 heavy (non-hydrogen) atoms. The van der Waals surface area contributed by atoms with E-state index in [1.165, 1.54) is 0 Å². The number of alkyl halides is 3. The van der Waals surface area contributed by atoms with Gasteiger partial charge in [-0.25, -0.2) is 0 Å². The number of amides is 1. The molecule has 6 nitrogen and oxygen atoms in total. The van der Waals surface area contributed by atoms with E-state index < -0.39 is 17.6 Å². The van der Waals surface area contributed by atoms with Crippen molar-refractivity contribution in [3.8, 4) is 5.75 Å². The Hall–Kier alpha value is -2.98. The molecule has 2 aromatic carbocycles. The number of benzene rings is 2. The van der Waals surface area contributed by atoms with E-state index in [9.17, 15) is 18.0 Å². The number of hydrogen-bond acceptors (Lipinski definition) is 5. The molecule has 1 aromatic heterocycles. The zero-order chi connectivity index (χ0) is 24.9. The summed E-state index contributed by atoms with van der Waals surface area (Å²) < 4.78 is 46.6. The fourth-order valence-electron chi connectivity index (χ4n) is 3.12. The molecule has 1 N–H and O–H groups in total. The number of halogens is 4. The fraction of sp³-hybridized carbons (Fsp3) is 0.261. The molecule has 0 aliphatic carbocycles. The van der Waals surface area contributed by atoms with Crippen LogP contribution < -0.4 is 10.1 Å². The summed E-state index contributed by atoms with van der Waals surface area (Å²) in [6.45, 7) is 8.20. The molecule has 3 aromatic rings. The lowest BCUT2D eigenvalue weighted by molar-refractivity contribution is -0.137. The first-order valence-corrected chi connectivity index (χ1v) is 11.5. The van der Waals surface area contributed by atoms with Gasteiger partial charge in [0.15, 0.2) is 11.0 Å². The van der Waals surface area contributed by atoms with Gasteiger partial charge in [0.05, 0.1) is 22.0 Å². The van der Waals surface area contributed by atoms with Gasteiger partial charge in [-0.15, -0.1) is 16.8 Å². The average molecular weight is 511 g/mol. The molecule has 0 aliphatic heterocycles. The molecule has 0 saturated carbocycles. The van der Waals surface area contributed by atoms with Crippen LogP contribution in [-0.2, 0) is 24.1 Å². The Morgan fingerprint density at radius 1 is 1.24 bits per heavy atom. The zero-order valence-corrected chi connectivity index (χ0v) is 20.0. The smallest absolute Gasteiger partial charge is 0.416 e. The van der Waals surface area contributed by atoms with E-state index in [1.807, 2.05) is 32.0 Å². The van der Waals surface area contributed by atoms with Gasteiger partial charge in [-0.2, -0.15) is 13.2 Å². The molecule has 3 rings (SSSR count). The highest BCUT2D eigenvalue weighted by Gasteiger charge is 2.31. The van der Waals surface area contributed by atoms with E-state index in [1.54, 1.807) is 10.6 Å². The summed E-state index contributed by atoms with van der Waals surface area (Å²) in [6, 6.07) is 8.60. The second kappa shape index (κ2) is 11.0. The minimum atomic E-state index is -4.55. The first-order chi connectivity index (χ1) is 16.1.